The van der Waals surface area contributed by atoms with Gasteiger partial charge < -0.3 is 56.9 Å². The van der Waals surface area contributed by atoms with Crippen LogP contribution < -0.4 is 28.0 Å². The molecule has 0 spiro atoms. The van der Waals surface area contributed by atoms with E-state index in [-0.39, 0.29) is 5.56 Å². The van der Waals surface area contributed by atoms with Crippen LogP contribution in [0.5, 0.6) is 0 Å². The van der Waals surface area contributed by atoms with Crippen molar-refractivity contribution in [2.45, 2.75) is 55.4 Å². The van der Waals surface area contributed by atoms with Crippen LogP contribution in [0.15, 0.2) is 15.8 Å². The molecule has 8 atom stereocenters. The van der Waals surface area contributed by atoms with E-state index in [0.717, 1.165) is 6.20 Å². The van der Waals surface area contributed by atoms with Crippen LogP contribution in [0.4, 0.5) is 4.79 Å². The number of carbonyl (C=O) groups is 3. The number of rotatable bonds is 10. The van der Waals surface area contributed by atoms with Crippen molar-refractivity contribution in [1.29, 1.82) is 0 Å². The van der Waals surface area contributed by atoms with Crippen LogP contribution in [0.1, 0.15) is 11.8 Å². The highest BCUT2D eigenvalue weighted by Gasteiger charge is 2.50. The third kappa shape index (κ3) is 6.19. The number of H-pyrrole nitrogens is 1. The zero-order valence-corrected chi connectivity index (χ0v) is 17.8. The molecule has 1 aromatic heterocycles. The maximum atomic E-state index is 12.4. The number of carboxylic acid groups (broad SMARTS) is 1. The summed E-state index contributed by atoms with van der Waals surface area (Å²) in [6, 6.07) is -4.05. The fourth-order valence-corrected chi connectivity index (χ4v) is 3.21. The Labute approximate surface area is 194 Å². The predicted molar refractivity (Wildman–Crippen MR) is 108 cm³/mol. The minimum atomic E-state index is -2.09. The monoisotopic (exact) mass is 507 g/mol. The van der Waals surface area contributed by atoms with Gasteiger partial charge in [-0.3, -0.25) is 19.1 Å². The van der Waals surface area contributed by atoms with Crippen LogP contribution in [0.3, 0.4) is 0 Å². The number of aromatic nitrogens is 2. The summed E-state index contributed by atoms with van der Waals surface area (Å²) in [5, 5.41) is 61.0. The first-order valence-corrected chi connectivity index (χ1v) is 9.84. The van der Waals surface area contributed by atoms with Crippen LogP contribution in [-0.4, -0.2) is 107 Å². The van der Waals surface area contributed by atoms with Gasteiger partial charge in [0, 0.05) is 6.20 Å². The molecule has 18 heteroatoms. The van der Waals surface area contributed by atoms with Gasteiger partial charge in [0.15, 0.2) is 12.3 Å². The van der Waals surface area contributed by atoms with Gasteiger partial charge in [0.2, 0.25) is 5.91 Å². The van der Waals surface area contributed by atoms with Gasteiger partial charge in [0.25, 0.3) is 5.56 Å². The van der Waals surface area contributed by atoms with E-state index in [1.807, 2.05) is 10.3 Å². The summed E-state index contributed by atoms with van der Waals surface area (Å²) in [6.45, 7) is -1.63. The highest BCUT2D eigenvalue weighted by molar-refractivity contribution is 5.87. The smallest absolute Gasteiger partial charge is 0.404 e. The minimum Gasteiger partial charge on any atom is -0.480 e. The van der Waals surface area contributed by atoms with Crippen molar-refractivity contribution in [3.63, 3.8) is 0 Å². The number of aliphatic hydroxyl groups excluding tert-OH is 5. The lowest BCUT2D eigenvalue weighted by Crippen LogP contribution is -2.60. The van der Waals surface area contributed by atoms with Gasteiger partial charge in [-0.15, -0.1) is 0 Å². The van der Waals surface area contributed by atoms with E-state index < -0.39 is 91.3 Å². The van der Waals surface area contributed by atoms with E-state index in [2.05, 4.69) is 4.74 Å². The van der Waals surface area contributed by atoms with Gasteiger partial charge in [0.1, 0.15) is 43.2 Å². The van der Waals surface area contributed by atoms with Gasteiger partial charge in [-0.05, 0) is 0 Å². The molecule has 2 unspecified atom stereocenters. The second-order valence-corrected chi connectivity index (χ2v) is 7.49. The number of carbonyl (C=O) groups excluding carboxylic acids is 2. The molecule has 2 heterocycles. The fraction of sp³-hybridized carbons (Fsp3) is 0.588. The molecule has 0 bridgehead atoms. The molecule has 18 nitrogen and oxygen atoms in total. The van der Waals surface area contributed by atoms with Crippen LogP contribution in [0.25, 0.3) is 0 Å². The van der Waals surface area contributed by atoms with E-state index in [4.69, 9.17) is 16.2 Å². The summed E-state index contributed by atoms with van der Waals surface area (Å²) in [6.07, 6.45) is -11.9. The Morgan fingerprint density at radius 1 is 1.23 bits per heavy atom. The number of ether oxygens (including phenoxy) is 2. The molecule has 12 N–H and O–H groups in total. The first-order valence-electron chi connectivity index (χ1n) is 9.84. The van der Waals surface area contributed by atoms with Crippen molar-refractivity contribution in [3.05, 3.63) is 32.6 Å². The summed E-state index contributed by atoms with van der Waals surface area (Å²) in [7, 11) is 0. The Morgan fingerprint density at radius 3 is 2.40 bits per heavy atom. The number of hydrogen-bond donors (Lipinski definition) is 10. The fourth-order valence-electron chi connectivity index (χ4n) is 3.21. The first kappa shape index (κ1) is 27.9. The molecule has 0 aromatic carbocycles. The number of aliphatic carboxylic acids is 1. The van der Waals surface area contributed by atoms with Crippen LogP contribution in [-0.2, 0) is 25.7 Å². The van der Waals surface area contributed by atoms with Crippen molar-refractivity contribution in [2.75, 3.05) is 6.61 Å². The van der Waals surface area contributed by atoms with Crippen molar-refractivity contribution in [1.82, 2.24) is 14.9 Å². The van der Waals surface area contributed by atoms with Gasteiger partial charge in [-0.2, -0.15) is 0 Å². The van der Waals surface area contributed by atoms with E-state index >= 15 is 0 Å². The second kappa shape index (κ2) is 11.4. The molecule has 1 saturated heterocycles. The van der Waals surface area contributed by atoms with Gasteiger partial charge in [-0.1, -0.05) is 0 Å². The molecule has 1 aliphatic rings. The summed E-state index contributed by atoms with van der Waals surface area (Å²) >= 11 is 0. The lowest BCUT2D eigenvalue weighted by molar-refractivity contribution is -0.150. The van der Waals surface area contributed by atoms with Crippen molar-refractivity contribution in [3.8, 4) is 0 Å². The number of primary amides is 1. The van der Waals surface area contributed by atoms with Crippen molar-refractivity contribution < 1.29 is 54.5 Å². The lowest BCUT2D eigenvalue weighted by atomic mass is 10.0. The molecule has 1 aromatic rings. The molecule has 196 valence electrons. The highest BCUT2D eigenvalue weighted by Crippen LogP contribution is 2.30. The third-order valence-corrected chi connectivity index (χ3v) is 5.11. The zero-order chi connectivity index (χ0) is 26.6. The van der Waals surface area contributed by atoms with E-state index in [9.17, 15) is 54.6 Å². The Kier molecular flexibility index (Phi) is 9.04. The molecule has 0 aliphatic carbocycles. The normalized spacial score (nSPS) is 25.3. The molecular formula is C17H25N5O13. The number of nitrogens with one attached hydrogen (secondary N) is 2. The summed E-state index contributed by atoms with van der Waals surface area (Å²) in [4.78, 5) is 60.3. The number of amides is 2. The number of aliphatic hydroxyl groups is 5. The largest absolute Gasteiger partial charge is 0.480 e. The molecule has 2 amide bonds. The first-order chi connectivity index (χ1) is 16.3. The number of aromatic amines is 1. The summed E-state index contributed by atoms with van der Waals surface area (Å²) < 4.78 is 10.2. The molecule has 0 radical (unpaired) electrons. The van der Waals surface area contributed by atoms with Crippen LogP contribution >= 0.6 is 0 Å². The van der Waals surface area contributed by atoms with Crippen LogP contribution in [0.2, 0.25) is 0 Å². The number of nitrogens with two attached hydrogens (primary N) is 2. The van der Waals surface area contributed by atoms with Gasteiger partial charge in [-0.25, -0.2) is 14.4 Å². The van der Waals surface area contributed by atoms with E-state index in [1.54, 1.807) is 0 Å². The summed E-state index contributed by atoms with van der Waals surface area (Å²) in [5.41, 5.74) is 7.89. The average molecular weight is 507 g/mol. The van der Waals surface area contributed by atoms with Gasteiger partial charge >= 0.3 is 17.8 Å². The minimum absolute atomic E-state index is 0.305. The summed E-state index contributed by atoms with van der Waals surface area (Å²) in [5.74, 6) is -3.13. The zero-order valence-electron chi connectivity index (χ0n) is 17.8. The number of nitrogens with zero attached hydrogens (tertiary/aromatic N) is 1. The Balaban J connectivity index is 2.22. The van der Waals surface area contributed by atoms with Crippen LogP contribution in [0, 0.1) is 0 Å². The molecule has 0 saturated carbocycles. The van der Waals surface area contributed by atoms with E-state index in [0.29, 0.717) is 4.57 Å². The maximum absolute atomic E-state index is 12.4. The topological polar surface area (TPSA) is 310 Å². The molecule has 2 rings (SSSR count). The molecular weight excluding hydrogens is 482 g/mol. The Bertz CT molecular complexity index is 1060. The quantitative estimate of drug-likeness (QED) is 0.141. The highest BCUT2D eigenvalue weighted by atomic mass is 16.6. The predicted octanol–water partition coefficient (Wildman–Crippen LogP) is -6.64. The number of carboxylic acids is 1. The van der Waals surface area contributed by atoms with Gasteiger partial charge in [0.05, 0.1) is 12.2 Å². The van der Waals surface area contributed by atoms with Crippen molar-refractivity contribution >= 4 is 18.0 Å². The molecule has 35 heavy (non-hydrogen) atoms. The number of hydrogen-bond acceptors (Lipinski definition) is 13. The average Bonchev–Trinajstić information content (AvgIpc) is 3.08. The maximum Gasteiger partial charge on any atom is 0.404 e. The third-order valence-electron chi connectivity index (χ3n) is 5.11. The van der Waals surface area contributed by atoms with Crippen molar-refractivity contribution in [2.24, 2.45) is 11.5 Å². The molecule has 1 aliphatic heterocycles. The molecule has 1 fully saturated rings. The second-order valence-electron chi connectivity index (χ2n) is 7.49. The lowest BCUT2D eigenvalue weighted by Gasteiger charge is -2.27. The Hall–Kier alpha value is -3.39. The van der Waals surface area contributed by atoms with E-state index in [1.165, 1.54) is 0 Å². The SMILES string of the molecule is NC(=O)OC[C@H](O)[C@@H](O)[C@H](N)C(=O)N[C@H](C(=O)O)C1OC(n2cc(CO)c(=O)[nH]c2=O)[C@H](O)[C@@H]1O. The Morgan fingerprint density at radius 2 is 1.86 bits per heavy atom. The standard InChI is InChI=1S/C17H25N5O13/c18-6(8(25)5(24)3-34-16(19)32)13(29)20-7(15(30)31)11-9(26)10(27)14(35-11)22-1-4(2-23)12(28)21-17(22)33/h1,5-11,14,23-27H,2-3,18H2,(H2,19,32)(H,20,29)(H,30,31)(H,21,28,33)/t5-,6-,7-,8+,9-,10+,11?,14?/m0/s1.